The number of amides is 1. The Morgan fingerprint density at radius 2 is 1.74 bits per heavy atom. The van der Waals surface area contributed by atoms with Crippen molar-refractivity contribution in [3.8, 4) is 5.75 Å². The molecule has 1 amide bonds. The minimum atomic E-state index is -3.61. The summed E-state index contributed by atoms with van der Waals surface area (Å²) in [6.07, 6.45) is 0.499. The Morgan fingerprint density at radius 1 is 1.00 bits per heavy atom. The van der Waals surface area contributed by atoms with Crippen LogP contribution in [-0.4, -0.2) is 74.3 Å². The Bertz CT molecular complexity index is 1040. The normalized spacial score (nSPS) is 20.9. The smallest absolute Gasteiger partial charge is 0.243 e. The number of ether oxygens (including phenoxy) is 1. The minimum Gasteiger partial charge on any atom is -0.497 e. The van der Waals surface area contributed by atoms with E-state index < -0.39 is 10.0 Å². The van der Waals surface area contributed by atoms with Crippen molar-refractivity contribution in [1.29, 1.82) is 0 Å². The Labute approximate surface area is 184 Å². The minimum absolute atomic E-state index is 0.0939. The van der Waals surface area contributed by atoms with Gasteiger partial charge in [0.15, 0.2) is 0 Å². The monoisotopic (exact) mass is 443 g/mol. The molecule has 0 aromatic heterocycles. The molecule has 2 aromatic rings. The van der Waals surface area contributed by atoms with Gasteiger partial charge in [0.25, 0.3) is 0 Å². The average molecular weight is 444 g/mol. The molecule has 2 saturated heterocycles. The van der Waals surface area contributed by atoms with Crippen LogP contribution in [-0.2, 0) is 21.4 Å². The molecule has 7 nitrogen and oxygen atoms in total. The average Bonchev–Trinajstić information content (AvgIpc) is 2.99. The molecule has 2 aliphatic heterocycles. The van der Waals surface area contributed by atoms with Gasteiger partial charge in [-0.15, -0.1) is 0 Å². The number of hydrogen-bond acceptors (Lipinski definition) is 5. The Morgan fingerprint density at radius 3 is 2.45 bits per heavy atom. The van der Waals surface area contributed by atoms with Gasteiger partial charge in [-0.05, 0) is 43.2 Å². The molecule has 0 radical (unpaired) electrons. The lowest BCUT2D eigenvalue weighted by atomic mass is 10.1. The number of methoxy groups -OCH3 is 1. The zero-order valence-corrected chi connectivity index (χ0v) is 18.8. The quantitative estimate of drug-likeness (QED) is 0.708. The summed E-state index contributed by atoms with van der Waals surface area (Å²) in [6.45, 7) is 5.35. The summed E-state index contributed by atoms with van der Waals surface area (Å²) in [7, 11) is -2.06. The van der Waals surface area contributed by atoms with Crippen molar-refractivity contribution in [2.75, 3.05) is 39.8 Å². The van der Waals surface area contributed by atoms with Gasteiger partial charge in [-0.25, -0.2) is 8.42 Å². The van der Waals surface area contributed by atoms with Crippen LogP contribution >= 0.6 is 0 Å². The van der Waals surface area contributed by atoms with E-state index in [9.17, 15) is 13.2 Å². The molecule has 0 saturated carbocycles. The van der Waals surface area contributed by atoms with Crippen LogP contribution < -0.4 is 4.74 Å². The molecule has 0 spiro atoms. The SMILES string of the molecule is COc1ccc(S(=O)(=O)N2CCC3C(=O)N(Cc4cccc(C)c4)CCN3CC2)cc1. The zero-order valence-electron chi connectivity index (χ0n) is 18.0. The summed E-state index contributed by atoms with van der Waals surface area (Å²) in [6, 6.07) is 14.4. The van der Waals surface area contributed by atoms with E-state index in [-0.39, 0.29) is 16.8 Å². The number of sulfonamides is 1. The second-order valence-corrected chi connectivity index (χ2v) is 10.1. The fourth-order valence-electron chi connectivity index (χ4n) is 4.40. The maximum Gasteiger partial charge on any atom is 0.243 e. The first-order valence-corrected chi connectivity index (χ1v) is 12.0. The molecule has 2 heterocycles. The van der Waals surface area contributed by atoms with Gasteiger partial charge in [-0.3, -0.25) is 9.69 Å². The summed E-state index contributed by atoms with van der Waals surface area (Å²) >= 11 is 0. The van der Waals surface area contributed by atoms with E-state index in [0.29, 0.717) is 44.9 Å². The second kappa shape index (κ2) is 8.98. The third kappa shape index (κ3) is 4.61. The molecule has 166 valence electrons. The standard InChI is InChI=1S/C23H29N3O4S/c1-18-4-3-5-19(16-18)17-25-13-12-24-14-15-26(11-10-22(24)23(25)27)31(28,29)21-8-6-20(30-2)7-9-21/h3-9,16,22H,10-15,17H2,1-2H3. The molecular formula is C23H29N3O4S. The highest BCUT2D eigenvalue weighted by Crippen LogP contribution is 2.25. The molecule has 2 fully saturated rings. The first-order chi connectivity index (χ1) is 14.9. The summed E-state index contributed by atoms with van der Waals surface area (Å²) in [5.74, 6) is 0.711. The van der Waals surface area contributed by atoms with Crippen LogP contribution in [0.4, 0.5) is 0 Å². The van der Waals surface area contributed by atoms with Crippen LogP contribution in [0.15, 0.2) is 53.4 Å². The van der Waals surface area contributed by atoms with Gasteiger partial charge in [0.1, 0.15) is 5.75 Å². The molecule has 0 bridgehead atoms. The van der Waals surface area contributed by atoms with E-state index in [1.807, 2.05) is 30.0 Å². The molecule has 2 aromatic carbocycles. The summed E-state index contributed by atoms with van der Waals surface area (Å²) in [4.78, 5) is 17.5. The lowest BCUT2D eigenvalue weighted by Crippen LogP contribution is -2.56. The third-order valence-electron chi connectivity index (χ3n) is 6.14. The highest BCUT2D eigenvalue weighted by molar-refractivity contribution is 7.89. The van der Waals surface area contributed by atoms with Crippen LogP contribution in [0.1, 0.15) is 17.5 Å². The van der Waals surface area contributed by atoms with Gasteiger partial charge in [0.2, 0.25) is 15.9 Å². The van der Waals surface area contributed by atoms with Gasteiger partial charge >= 0.3 is 0 Å². The van der Waals surface area contributed by atoms with E-state index in [4.69, 9.17) is 4.74 Å². The van der Waals surface area contributed by atoms with Crippen molar-refractivity contribution in [2.24, 2.45) is 0 Å². The molecule has 2 aliphatic rings. The fraction of sp³-hybridized carbons (Fsp3) is 0.435. The van der Waals surface area contributed by atoms with Crippen molar-refractivity contribution in [1.82, 2.24) is 14.1 Å². The Balaban J connectivity index is 1.46. The van der Waals surface area contributed by atoms with E-state index in [0.717, 1.165) is 12.1 Å². The van der Waals surface area contributed by atoms with E-state index >= 15 is 0 Å². The molecule has 0 aliphatic carbocycles. The number of rotatable bonds is 5. The Hall–Kier alpha value is -2.42. The largest absolute Gasteiger partial charge is 0.497 e. The molecule has 1 unspecified atom stereocenters. The first kappa shape index (κ1) is 21.8. The molecular weight excluding hydrogens is 414 g/mol. The molecule has 31 heavy (non-hydrogen) atoms. The fourth-order valence-corrected chi connectivity index (χ4v) is 5.84. The van der Waals surface area contributed by atoms with Gasteiger partial charge in [0.05, 0.1) is 18.0 Å². The van der Waals surface area contributed by atoms with E-state index in [1.54, 1.807) is 31.4 Å². The lowest BCUT2D eigenvalue weighted by Gasteiger charge is -2.39. The predicted molar refractivity (Wildman–Crippen MR) is 118 cm³/mol. The van der Waals surface area contributed by atoms with Crippen LogP contribution in [0.3, 0.4) is 0 Å². The molecule has 4 rings (SSSR count). The lowest BCUT2D eigenvalue weighted by molar-refractivity contribution is -0.142. The maximum atomic E-state index is 13.2. The highest BCUT2D eigenvalue weighted by atomic mass is 32.2. The first-order valence-electron chi connectivity index (χ1n) is 10.6. The number of hydrogen-bond donors (Lipinski definition) is 0. The number of benzene rings is 2. The molecule has 1 atom stereocenters. The second-order valence-electron chi connectivity index (χ2n) is 8.17. The predicted octanol–water partition coefficient (Wildman–Crippen LogP) is 2.11. The van der Waals surface area contributed by atoms with Gasteiger partial charge in [0, 0.05) is 39.3 Å². The van der Waals surface area contributed by atoms with Crippen molar-refractivity contribution >= 4 is 15.9 Å². The maximum absolute atomic E-state index is 13.2. The van der Waals surface area contributed by atoms with Crippen molar-refractivity contribution < 1.29 is 17.9 Å². The van der Waals surface area contributed by atoms with Crippen molar-refractivity contribution in [3.63, 3.8) is 0 Å². The van der Waals surface area contributed by atoms with Gasteiger partial charge in [-0.2, -0.15) is 4.31 Å². The zero-order chi connectivity index (χ0) is 22.0. The number of piperazine rings is 1. The Kier molecular flexibility index (Phi) is 6.31. The van der Waals surface area contributed by atoms with Crippen molar-refractivity contribution in [3.05, 3.63) is 59.7 Å². The number of fused-ring (bicyclic) bond motifs is 1. The van der Waals surface area contributed by atoms with Crippen LogP contribution in [0.2, 0.25) is 0 Å². The summed E-state index contributed by atoms with van der Waals surface area (Å²) in [5, 5.41) is 0. The third-order valence-corrected chi connectivity index (χ3v) is 8.05. The van der Waals surface area contributed by atoms with Crippen LogP contribution in [0, 0.1) is 6.92 Å². The molecule has 8 heteroatoms. The van der Waals surface area contributed by atoms with Crippen LogP contribution in [0.5, 0.6) is 5.75 Å². The summed E-state index contributed by atoms with van der Waals surface area (Å²) < 4.78 is 32.9. The highest BCUT2D eigenvalue weighted by Gasteiger charge is 2.38. The summed E-state index contributed by atoms with van der Waals surface area (Å²) in [5.41, 5.74) is 2.30. The number of aryl methyl sites for hydroxylation is 1. The van der Waals surface area contributed by atoms with E-state index in [2.05, 4.69) is 11.0 Å². The van der Waals surface area contributed by atoms with E-state index in [1.165, 1.54) is 9.87 Å². The topological polar surface area (TPSA) is 70.2 Å². The van der Waals surface area contributed by atoms with Crippen LogP contribution in [0.25, 0.3) is 0 Å². The van der Waals surface area contributed by atoms with Gasteiger partial charge < -0.3 is 9.64 Å². The number of nitrogens with zero attached hydrogens (tertiary/aromatic N) is 3. The van der Waals surface area contributed by atoms with Gasteiger partial charge in [-0.1, -0.05) is 29.8 Å². The van der Waals surface area contributed by atoms with Crippen molar-refractivity contribution in [2.45, 2.75) is 30.8 Å². The molecule has 0 N–H and O–H groups in total. The number of carbonyl (C=O) groups excluding carboxylic acids is 1. The number of carbonyl (C=O) groups is 1.